The Morgan fingerprint density at radius 3 is 2.63 bits per heavy atom. The topological polar surface area (TPSA) is 106 Å². The summed E-state index contributed by atoms with van der Waals surface area (Å²) < 4.78 is 15.8. The zero-order valence-corrected chi connectivity index (χ0v) is 14.8. The molecule has 0 aliphatic heterocycles. The van der Waals surface area contributed by atoms with Crippen molar-refractivity contribution < 1.29 is 28.9 Å². The van der Waals surface area contributed by atoms with Crippen LogP contribution in [0.2, 0.25) is 0 Å². The van der Waals surface area contributed by atoms with Gasteiger partial charge < -0.3 is 24.1 Å². The second kappa shape index (κ2) is 9.46. The van der Waals surface area contributed by atoms with Gasteiger partial charge in [0.1, 0.15) is 24.7 Å². The predicted octanol–water partition coefficient (Wildman–Crippen LogP) is 1.93. The highest BCUT2D eigenvalue weighted by molar-refractivity contribution is 5.71. The molecule has 2 aromatic rings. The summed E-state index contributed by atoms with van der Waals surface area (Å²) in [6, 6.07) is 7.63. The van der Waals surface area contributed by atoms with Crippen molar-refractivity contribution in [3.63, 3.8) is 0 Å². The summed E-state index contributed by atoms with van der Waals surface area (Å²) in [6.07, 6.45) is 4.99. The van der Waals surface area contributed by atoms with Gasteiger partial charge in [0.15, 0.2) is 5.76 Å². The Kier molecular flexibility index (Phi) is 7.03. The zero-order chi connectivity index (χ0) is 19.8. The fraction of sp³-hybridized carbons (Fsp3) is 0.300. The van der Waals surface area contributed by atoms with Crippen LogP contribution in [0, 0.1) is 12.3 Å². The number of hydrogen-bond donors (Lipinski definition) is 2. The van der Waals surface area contributed by atoms with Gasteiger partial charge in [-0.1, -0.05) is 18.1 Å². The highest BCUT2D eigenvalue weighted by Crippen LogP contribution is 2.34. The smallest absolute Gasteiger partial charge is 0.306 e. The fourth-order valence-corrected chi connectivity index (χ4v) is 2.54. The molecule has 0 fully saturated rings. The van der Waals surface area contributed by atoms with Crippen LogP contribution in [0.3, 0.4) is 0 Å². The number of hydrogen-bond acceptors (Lipinski definition) is 7. The van der Waals surface area contributed by atoms with Crippen LogP contribution in [0.5, 0.6) is 11.5 Å². The number of terminal acetylenes is 1. The van der Waals surface area contributed by atoms with Gasteiger partial charge in [-0.3, -0.25) is 9.59 Å². The van der Waals surface area contributed by atoms with E-state index in [9.17, 15) is 19.8 Å². The highest BCUT2D eigenvalue weighted by Gasteiger charge is 2.26. The van der Waals surface area contributed by atoms with Crippen molar-refractivity contribution >= 4 is 5.97 Å². The Hall–Kier alpha value is -3.24. The lowest BCUT2D eigenvalue weighted by Crippen LogP contribution is -2.15. The molecule has 27 heavy (non-hydrogen) atoms. The molecule has 0 aliphatic carbocycles. The molecule has 0 saturated heterocycles. The molecule has 0 aliphatic rings. The summed E-state index contributed by atoms with van der Waals surface area (Å²) in [7, 11) is 0. The van der Waals surface area contributed by atoms with Crippen LogP contribution >= 0.6 is 0 Å². The molecule has 1 aromatic heterocycles. The largest absolute Gasteiger partial charge is 0.502 e. The number of carbonyl (C=O) groups is 1. The van der Waals surface area contributed by atoms with E-state index in [-0.39, 0.29) is 31.2 Å². The Bertz CT molecular complexity index is 875. The monoisotopic (exact) mass is 372 g/mol. The van der Waals surface area contributed by atoms with Crippen molar-refractivity contribution in [2.75, 3.05) is 13.2 Å². The molecule has 2 rings (SSSR count). The van der Waals surface area contributed by atoms with Gasteiger partial charge in [0, 0.05) is 6.07 Å². The van der Waals surface area contributed by atoms with Crippen LogP contribution in [0.1, 0.15) is 36.3 Å². The zero-order valence-electron chi connectivity index (χ0n) is 14.8. The number of aliphatic hydroxyl groups excluding tert-OH is 1. The van der Waals surface area contributed by atoms with Gasteiger partial charge in [-0.25, -0.2) is 0 Å². The average Bonchev–Trinajstić information content (AvgIpc) is 2.67. The van der Waals surface area contributed by atoms with Gasteiger partial charge in [0.05, 0.1) is 18.9 Å². The lowest BCUT2D eigenvalue weighted by molar-refractivity contribution is -0.143. The molecule has 0 saturated carbocycles. The molecule has 0 amide bonds. The number of esters is 1. The SMILES string of the molecule is C#CCOc1ccc(C(CC(=O)OCC)c2oc(CO)cc(=O)c2O)cc1. The van der Waals surface area contributed by atoms with Gasteiger partial charge in [-0.05, 0) is 24.6 Å². The first kappa shape index (κ1) is 20.1. The standard InChI is InChI=1S/C20H20O7/c1-3-9-26-14-7-5-13(6-8-14)16(11-18(23)25-4-2)20-19(24)17(22)10-15(12-21)27-20/h1,5-8,10,16,21,24H,4,9,11-12H2,2H3. The maximum Gasteiger partial charge on any atom is 0.306 e. The Labute approximate surface area is 156 Å². The maximum absolute atomic E-state index is 12.0. The van der Waals surface area contributed by atoms with Gasteiger partial charge in [0.2, 0.25) is 11.2 Å². The fourth-order valence-electron chi connectivity index (χ4n) is 2.54. The minimum atomic E-state index is -0.787. The second-order valence-corrected chi connectivity index (χ2v) is 5.57. The molecule has 1 unspecified atom stereocenters. The molecule has 7 nitrogen and oxygen atoms in total. The van der Waals surface area contributed by atoms with Gasteiger partial charge in [0.25, 0.3) is 0 Å². The predicted molar refractivity (Wildman–Crippen MR) is 96.4 cm³/mol. The Balaban J connectivity index is 2.46. The summed E-state index contributed by atoms with van der Waals surface area (Å²) in [5.74, 6) is 0.828. The third kappa shape index (κ3) is 5.12. The van der Waals surface area contributed by atoms with E-state index in [4.69, 9.17) is 20.3 Å². The van der Waals surface area contributed by atoms with Crippen LogP contribution in [-0.4, -0.2) is 29.4 Å². The summed E-state index contributed by atoms with van der Waals surface area (Å²) in [5.41, 5.74) is -0.118. The van der Waals surface area contributed by atoms with Crippen LogP contribution in [0.15, 0.2) is 39.5 Å². The number of benzene rings is 1. The third-order valence-corrected chi connectivity index (χ3v) is 3.75. The summed E-state index contributed by atoms with van der Waals surface area (Å²) >= 11 is 0. The van der Waals surface area contributed by atoms with Gasteiger partial charge in [-0.2, -0.15) is 0 Å². The van der Waals surface area contributed by atoms with E-state index in [1.165, 1.54) is 0 Å². The van der Waals surface area contributed by atoms with E-state index < -0.39 is 29.7 Å². The number of carbonyl (C=O) groups excluding carboxylic acids is 1. The van der Waals surface area contributed by atoms with Crippen molar-refractivity contribution in [3.05, 3.63) is 57.6 Å². The van der Waals surface area contributed by atoms with Crippen molar-refractivity contribution in [2.24, 2.45) is 0 Å². The molecule has 142 valence electrons. The van der Waals surface area contributed by atoms with Crippen molar-refractivity contribution in [2.45, 2.75) is 25.9 Å². The molecule has 0 spiro atoms. The van der Waals surface area contributed by atoms with Gasteiger partial charge in [-0.15, -0.1) is 6.42 Å². The van der Waals surface area contributed by atoms with E-state index in [0.717, 1.165) is 6.07 Å². The van der Waals surface area contributed by atoms with E-state index in [1.54, 1.807) is 31.2 Å². The number of aliphatic hydroxyl groups is 1. The van der Waals surface area contributed by atoms with Crippen molar-refractivity contribution in [1.29, 1.82) is 0 Å². The second-order valence-electron chi connectivity index (χ2n) is 5.57. The Morgan fingerprint density at radius 1 is 1.33 bits per heavy atom. The van der Waals surface area contributed by atoms with E-state index in [1.807, 2.05) is 0 Å². The van der Waals surface area contributed by atoms with Crippen LogP contribution in [0.4, 0.5) is 0 Å². The van der Waals surface area contributed by atoms with E-state index >= 15 is 0 Å². The lowest BCUT2D eigenvalue weighted by Gasteiger charge is -2.18. The minimum Gasteiger partial charge on any atom is -0.502 e. The number of ether oxygens (including phenoxy) is 2. The first-order valence-corrected chi connectivity index (χ1v) is 8.28. The molecule has 1 atom stereocenters. The first-order valence-electron chi connectivity index (χ1n) is 8.28. The molecule has 7 heteroatoms. The van der Waals surface area contributed by atoms with Crippen molar-refractivity contribution in [3.8, 4) is 23.8 Å². The minimum absolute atomic E-state index is 0.0179. The summed E-state index contributed by atoms with van der Waals surface area (Å²) in [5, 5.41) is 19.5. The average molecular weight is 372 g/mol. The molecular formula is C20H20O7. The van der Waals surface area contributed by atoms with E-state index in [0.29, 0.717) is 11.3 Å². The first-order chi connectivity index (χ1) is 13.0. The maximum atomic E-state index is 12.0. The number of rotatable bonds is 8. The molecule has 1 aromatic carbocycles. The Morgan fingerprint density at radius 2 is 2.04 bits per heavy atom. The molecule has 1 heterocycles. The summed E-state index contributed by atoms with van der Waals surface area (Å²) in [6.45, 7) is 1.46. The van der Waals surface area contributed by atoms with Crippen LogP contribution in [-0.2, 0) is 16.1 Å². The normalized spacial score (nSPS) is 11.4. The van der Waals surface area contributed by atoms with E-state index in [2.05, 4.69) is 5.92 Å². The number of aromatic hydroxyl groups is 1. The molecular weight excluding hydrogens is 352 g/mol. The molecule has 0 radical (unpaired) electrons. The van der Waals surface area contributed by atoms with Crippen molar-refractivity contribution in [1.82, 2.24) is 0 Å². The third-order valence-electron chi connectivity index (χ3n) is 3.75. The highest BCUT2D eigenvalue weighted by atomic mass is 16.5. The van der Waals surface area contributed by atoms with Crippen LogP contribution in [0.25, 0.3) is 0 Å². The lowest BCUT2D eigenvalue weighted by atomic mass is 9.92. The van der Waals surface area contributed by atoms with Crippen LogP contribution < -0.4 is 10.2 Å². The molecule has 0 bridgehead atoms. The quantitative estimate of drug-likeness (QED) is 0.539. The summed E-state index contributed by atoms with van der Waals surface area (Å²) in [4.78, 5) is 24.0. The molecule has 2 N–H and O–H groups in total. The van der Waals surface area contributed by atoms with Gasteiger partial charge >= 0.3 is 5.97 Å².